The molecule has 0 saturated heterocycles. The Morgan fingerprint density at radius 3 is 2.75 bits per heavy atom. The summed E-state index contributed by atoms with van der Waals surface area (Å²) in [6.45, 7) is 6.21. The highest BCUT2D eigenvalue weighted by Crippen LogP contribution is 2.28. The Bertz CT molecular complexity index is 521. The molecule has 0 aliphatic heterocycles. The first kappa shape index (κ1) is 11.2. The third-order valence-electron chi connectivity index (χ3n) is 2.36. The lowest BCUT2D eigenvalue weighted by molar-refractivity contribution is 0.901. The summed E-state index contributed by atoms with van der Waals surface area (Å²) in [7, 11) is 0. The van der Waals surface area contributed by atoms with Crippen LogP contribution in [0.1, 0.15) is 19.5 Å². The average Bonchev–Trinajstić information content (AvgIpc) is 2.18. The number of para-hydroxylation sites is 1. The van der Waals surface area contributed by atoms with E-state index in [1.807, 2.05) is 25.1 Å². The van der Waals surface area contributed by atoms with Crippen LogP contribution in [-0.2, 0) is 0 Å². The maximum Gasteiger partial charge on any atom is 0.0912 e. The lowest BCUT2D eigenvalue weighted by Gasteiger charge is -2.13. The van der Waals surface area contributed by atoms with Crippen LogP contribution in [0.15, 0.2) is 24.3 Å². The number of fused-ring (bicyclic) bond motifs is 1. The standard InChI is InChI=1S/C13H15ClN2/c1-8(2)15-12-7-9(3)16-13-10(12)5-4-6-11(13)14/h4-8H,1-3H3,(H,15,16). The Hall–Kier alpha value is -1.28. The minimum atomic E-state index is 0.393. The van der Waals surface area contributed by atoms with Crippen molar-refractivity contribution in [2.24, 2.45) is 0 Å². The summed E-state index contributed by atoms with van der Waals surface area (Å²) >= 11 is 6.15. The van der Waals surface area contributed by atoms with Crippen molar-refractivity contribution in [1.29, 1.82) is 0 Å². The van der Waals surface area contributed by atoms with Gasteiger partial charge in [0.2, 0.25) is 0 Å². The third-order valence-corrected chi connectivity index (χ3v) is 2.67. The predicted molar refractivity (Wildman–Crippen MR) is 70.2 cm³/mol. The lowest BCUT2D eigenvalue weighted by Crippen LogP contribution is -2.10. The number of hydrogen-bond donors (Lipinski definition) is 1. The molecular weight excluding hydrogens is 220 g/mol. The maximum absolute atomic E-state index is 6.15. The number of pyridine rings is 1. The van der Waals surface area contributed by atoms with Gasteiger partial charge < -0.3 is 5.32 Å². The summed E-state index contributed by atoms with van der Waals surface area (Å²) < 4.78 is 0. The zero-order chi connectivity index (χ0) is 11.7. The van der Waals surface area contributed by atoms with Gasteiger partial charge in [-0.25, -0.2) is 0 Å². The van der Waals surface area contributed by atoms with Crippen LogP contribution in [0.25, 0.3) is 10.9 Å². The topological polar surface area (TPSA) is 24.9 Å². The molecule has 0 spiro atoms. The summed E-state index contributed by atoms with van der Waals surface area (Å²) in [6.07, 6.45) is 0. The van der Waals surface area contributed by atoms with E-state index in [2.05, 4.69) is 30.2 Å². The molecule has 0 aliphatic rings. The van der Waals surface area contributed by atoms with E-state index in [1.165, 1.54) is 0 Å². The second-order valence-electron chi connectivity index (χ2n) is 4.25. The van der Waals surface area contributed by atoms with Crippen molar-refractivity contribution >= 4 is 28.2 Å². The molecule has 84 valence electrons. The van der Waals surface area contributed by atoms with Crippen LogP contribution in [0.2, 0.25) is 5.02 Å². The van der Waals surface area contributed by atoms with E-state index in [1.54, 1.807) is 0 Å². The molecule has 1 aromatic carbocycles. The van der Waals surface area contributed by atoms with Crippen molar-refractivity contribution in [3.05, 3.63) is 35.0 Å². The van der Waals surface area contributed by atoms with Crippen LogP contribution < -0.4 is 5.32 Å². The summed E-state index contributed by atoms with van der Waals surface area (Å²) in [6, 6.07) is 8.31. The SMILES string of the molecule is Cc1cc(NC(C)C)c2cccc(Cl)c2n1. The quantitative estimate of drug-likeness (QED) is 0.849. The van der Waals surface area contributed by atoms with E-state index < -0.39 is 0 Å². The van der Waals surface area contributed by atoms with Crippen LogP contribution >= 0.6 is 11.6 Å². The zero-order valence-electron chi connectivity index (χ0n) is 9.71. The molecule has 0 aliphatic carbocycles. The Labute approximate surface area is 101 Å². The van der Waals surface area contributed by atoms with Gasteiger partial charge in [0.05, 0.1) is 10.5 Å². The van der Waals surface area contributed by atoms with Gasteiger partial charge in [-0.05, 0) is 32.9 Å². The molecule has 1 aromatic heterocycles. The minimum Gasteiger partial charge on any atom is -0.382 e. The minimum absolute atomic E-state index is 0.393. The van der Waals surface area contributed by atoms with Gasteiger partial charge in [-0.3, -0.25) is 4.98 Å². The molecule has 1 heterocycles. The van der Waals surface area contributed by atoms with Gasteiger partial charge in [0.1, 0.15) is 0 Å². The first-order valence-electron chi connectivity index (χ1n) is 5.40. The molecule has 2 rings (SSSR count). The largest absolute Gasteiger partial charge is 0.382 e. The van der Waals surface area contributed by atoms with E-state index in [0.717, 1.165) is 22.3 Å². The van der Waals surface area contributed by atoms with Crippen molar-refractivity contribution < 1.29 is 0 Å². The normalized spacial score (nSPS) is 11.1. The van der Waals surface area contributed by atoms with Crippen LogP contribution in [0.4, 0.5) is 5.69 Å². The van der Waals surface area contributed by atoms with Crippen LogP contribution in [0.5, 0.6) is 0 Å². The van der Waals surface area contributed by atoms with Crippen LogP contribution in [0, 0.1) is 6.92 Å². The average molecular weight is 235 g/mol. The van der Waals surface area contributed by atoms with Gasteiger partial charge in [0.25, 0.3) is 0 Å². The fourth-order valence-electron chi connectivity index (χ4n) is 1.77. The van der Waals surface area contributed by atoms with E-state index in [0.29, 0.717) is 11.1 Å². The number of aromatic nitrogens is 1. The molecule has 0 saturated carbocycles. The van der Waals surface area contributed by atoms with E-state index in [4.69, 9.17) is 11.6 Å². The maximum atomic E-state index is 6.15. The number of aryl methyl sites for hydroxylation is 1. The van der Waals surface area contributed by atoms with Crippen LogP contribution in [0.3, 0.4) is 0 Å². The third kappa shape index (κ3) is 2.12. The van der Waals surface area contributed by atoms with Gasteiger partial charge >= 0.3 is 0 Å². The fourth-order valence-corrected chi connectivity index (χ4v) is 1.99. The van der Waals surface area contributed by atoms with Crippen molar-refractivity contribution in [2.45, 2.75) is 26.8 Å². The molecule has 0 fully saturated rings. The molecular formula is C13H15ClN2. The Morgan fingerprint density at radius 1 is 1.31 bits per heavy atom. The van der Waals surface area contributed by atoms with E-state index in [9.17, 15) is 0 Å². The lowest BCUT2D eigenvalue weighted by atomic mass is 10.1. The number of halogens is 1. The first-order chi connectivity index (χ1) is 7.58. The number of rotatable bonds is 2. The predicted octanol–water partition coefficient (Wildman–Crippen LogP) is 4.02. The van der Waals surface area contributed by atoms with Gasteiger partial charge in [-0.1, -0.05) is 23.7 Å². The van der Waals surface area contributed by atoms with Gasteiger partial charge in [0.15, 0.2) is 0 Å². The Balaban J connectivity index is 2.68. The highest BCUT2D eigenvalue weighted by atomic mass is 35.5. The molecule has 0 amide bonds. The summed E-state index contributed by atoms with van der Waals surface area (Å²) in [5.74, 6) is 0. The van der Waals surface area contributed by atoms with Crippen molar-refractivity contribution in [3.63, 3.8) is 0 Å². The summed E-state index contributed by atoms with van der Waals surface area (Å²) in [5, 5.41) is 5.19. The number of benzene rings is 1. The molecule has 1 N–H and O–H groups in total. The summed E-state index contributed by atoms with van der Waals surface area (Å²) in [5.41, 5.74) is 2.94. The van der Waals surface area contributed by atoms with Crippen molar-refractivity contribution in [3.8, 4) is 0 Å². The molecule has 16 heavy (non-hydrogen) atoms. The smallest absolute Gasteiger partial charge is 0.0912 e. The monoisotopic (exact) mass is 234 g/mol. The van der Waals surface area contributed by atoms with Gasteiger partial charge in [-0.2, -0.15) is 0 Å². The first-order valence-corrected chi connectivity index (χ1v) is 5.78. The molecule has 0 atom stereocenters. The van der Waals surface area contributed by atoms with Crippen molar-refractivity contribution in [2.75, 3.05) is 5.32 Å². The molecule has 0 unspecified atom stereocenters. The second-order valence-corrected chi connectivity index (χ2v) is 4.65. The zero-order valence-corrected chi connectivity index (χ0v) is 10.5. The highest BCUT2D eigenvalue weighted by Gasteiger charge is 2.07. The van der Waals surface area contributed by atoms with Gasteiger partial charge in [-0.15, -0.1) is 0 Å². The number of nitrogens with one attached hydrogen (secondary N) is 1. The molecule has 2 nitrogen and oxygen atoms in total. The van der Waals surface area contributed by atoms with Gasteiger partial charge in [0, 0.05) is 22.8 Å². The number of hydrogen-bond acceptors (Lipinski definition) is 2. The number of nitrogens with zero attached hydrogens (tertiary/aromatic N) is 1. The molecule has 3 heteroatoms. The van der Waals surface area contributed by atoms with E-state index in [-0.39, 0.29) is 0 Å². The Morgan fingerprint density at radius 2 is 2.06 bits per heavy atom. The molecule has 2 aromatic rings. The highest BCUT2D eigenvalue weighted by molar-refractivity contribution is 6.35. The van der Waals surface area contributed by atoms with E-state index >= 15 is 0 Å². The fraction of sp³-hybridized carbons (Fsp3) is 0.308. The molecule has 0 bridgehead atoms. The molecule has 0 radical (unpaired) electrons. The summed E-state index contributed by atoms with van der Waals surface area (Å²) in [4.78, 5) is 4.47. The second kappa shape index (κ2) is 4.30. The number of anilines is 1. The van der Waals surface area contributed by atoms with Crippen molar-refractivity contribution in [1.82, 2.24) is 4.98 Å². The van der Waals surface area contributed by atoms with Crippen LogP contribution in [-0.4, -0.2) is 11.0 Å². The Kier molecular flexibility index (Phi) is 3.01.